The third-order valence-corrected chi connectivity index (χ3v) is 3.63. The summed E-state index contributed by atoms with van der Waals surface area (Å²) < 4.78 is 46.2. The van der Waals surface area contributed by atoms with Crippen molar-refractivity contribution in [3.05, 3.63) is 59.7 Å². The summed E-state index contributed by atoms with van der Waals surface area (Å²) in [5, 5.41) is 26.1. The van der Waals surface area contributed by atoms with Crippen molar-refractivity contribution in [2.45, 2.75) is 32.3 Å². The first-order valence-electron chi connectivity index (χ1n) is 10.7. The third-order valence-electron chi connectivity index (χ3n) is 3.63. The summed E-state index contributed by atoms with van der Waals surface area (Å²) in [4.78, 5) is 20.9. The Bertz CT molecular complexity index is 816. The number of benzene rings is 2. The quantitative estimate of drug-likeness (QED) is 0.236. The molecule has 0 aliphatic carbocycles. The summed E-state index contributed by atoms with van der Waals surface area (Å²) in [5.41, 5.74) is 11.8. The van der Waals surface area contributed by atoms with Crippen LogP contribution >= 0.6 is 47.8 Å². The predicted molar refractivity (Wildman–Crippen MR) is 147 cm³/mol. The van der Waals surface area contributed by atoms with Gasteiger partial charge in [-0.25, -0.2) is 8.78 Å². The fourth-order valence-electron chi connectivity index (χ4n) is 2.10. The number of nitrogens with two attached hydrogens (primary N) is 2. The third kappa shape index (κ3) is 22.6. The molecule has 0 amide bonds. The molecule has 2 aromatic carbocycles. The molecule has 2 atom stereocenters. The van der Waals surface area contributed by atoms with Gasteiger partial charge in [-0.2, -0.15) is 0 Å². The molecule has 0 heterocycles. The smallest absolute Gasteiger partial charge is 0.320 e. The lowest BCUT2D eigenvalue weighted by molar-refractivity contribution is -0.139. The van der Waals surface area contributed by atoms with Crippen LogP contribution < -0.4 is 16.2 Å². The Morgan fingerprint density at radius 1 is 0.944 bits per heavy atom. The van der Waals surface area contributed by atoms with Gasteiger partial charge in [-0.1, -0.05) is 79.5 Å². The van der Waals surface area contributed by atoms with E-state index >= 15 is 0 Å². The number of carboxylic acid groups (broad SMARTS) is 2. The van der Waals surface area contributed by atoms with Crippen LogP contribution in [0.25, 0.3) is 0 Å². The zero-order valence-corrected chi connectivity index (χ0v) is 24.1. The number of aromatic hydroxyl groups is 1. The number of ether oxygens (including phenoxy) is 1. The SMILES string of the molecule is BrCBr.N[C@H](Cc1ccc(O)cc1)C(=O)O.N[C@H](Cc1ccc(OC[18F])cc1)C(=O)O.[18F]CBr.[2H]F.[3H]C. The van der Waals surface area contributed by atoms with E-state index in [0.29, 0.717) is 5.75 Å². The number of phenols is 1. The van der Waals surface area contributed by atoms with Crippen LogP contribution in [0.1, 0.15) is 19.9 Å². The highest BCUT2D eigenvalue weighted by Gasteiger charge is 2.12. The molecule has 0 aromatic heterocycles. The minimum Gasteiger partial charge on any atom is -0.508 e. The van der Waals surface area contributed by atoms with Crippen molar-refractivity contribution in [1.82, 2.24) is 0 Å². The van der Waals surface area contributed by atoms with Gasteiger partial charge in [0.25, 0.3) is 1.45 Å². The number of hydrogen-bond donors (Lipinski definition) is 5. The number of aliphatic carboxylic acids is 2. The summed E-state index contributed by atoms with van der Waals surface area (Å²) >= 11 is 8.60. The number of hydrogen-bond acceptors (Lipinski definition) is 6. The summed E-state index contributed by atoms with van der Waals surface area (Å²) in [5.74, 6) is -1.50. The zero-order valence-electron chi connectivity index (χ0n) is 21.3. The number of alkyl halides is 5. The van der Waals surface area contributed by atoms with Crippen molar-refractivity contribution in [3.8, 4) is 11.5 Å². The van der Waals surface area contributed by atoms with E-state index in [-0.39, 0.29) is 18.6 Å². The van der Waals surface area contributed by atoms with Crippen LogP contribution in [0.4, 0.5) is 13.5 Å². The van der Waals surface area contributed by atoms with Crippen LogP contribution in [-0.4, -0.2) is 57.5 Å². The Morgan fingerprint density at radius 2 is 1.25 bits per heavy atom. The maximum atomic E-state index is 11.8. The fraction of sp³-hybridized carbons (Fsp3) is 0.364. The predicted octanol–water partition coefficient (Wildman–Crippen LogP) is 5.12. The molecule has 14 heteroatoms. The van der Waals surface area contributed by atoms with Crippen LogP contribution in [0.3, 0.4) is 0 Å². The van der Waals surface area contributed by atoms with Crippen LogP contribution in [0.5, 0.6) is 11.5 Å². The molecular weight excluding hydrogens is 683 g/mol. The average Bonchev–Trinajstić information content (AvgIpc) is 2.90. The van der Waals surface area contributed by atoms with Crippen molar-refractivity contribution in [1.29, 1.82) is 1.45 Å². The first-order valence-corrected chi connectivity index (χ1v) is 12.7. The van der Waals surface area contributed by atoms with Crippen LogP contribution in [0, 0.1) is 0 Å². The van der Waals surface area contributed by atoms with Crippen molar-refractivity contribution < 1.29 is 44.5 Å². The molecule has 0 bridgehead atoms. The van der Waals surface area contributed by atoms with E-state index in [4.69, 9.17) is 32.9 Å². The van der Waals surface area contributed by atoms with Gasteiger partial charge in [0.2, 0.25) is 6.86 Å². The maximum Gasteiger partial charge on any atom is 0.320 e. The second kappa shape index (κ2) is 26.2. The van der Waals surface area contributed by atoms with Gasteiger partial charge < -0.3 is 31.5 Å². The van der Waals surface area contributed by atoms with Gasteiger partial charge in [0.15, 0.2) is 0 Å². The minimum atomic E-state index is -1.04. The first-order chi connectivity index (χ1) is 18.1. The molecule has 2 rings (SSSR count). The first kappa shape index (κ1) is 36.3. The number of carbonyl (C=O) groups is 2. The normalized spacial score (nSPS) is 10.9. The summed E-state index contributed by atoms with van der Waals surface area (Å²) in [6.45, 7) is -0.881. The molecule has 0 aliphatic heterocycles. The highest BCUT2D eigenvalue weighted by Crippen LogP contribution is 2.13. The summed E-state index contributed by atoms with van der Waals surface area (Å²) in [6.07, 6.45) is 0.515. The molecule has 0 saturated heterocycles. The van der Waals surface area contributed by atoms with Gasteiger partial charge in [-0.3, -0.25) is 14.3 Å². The molecule has 208 valence electrons. The van der Waals surface area contributed by atoms with Crippen molar-refractivity contribution in [2.75, 3.05) is 16.7 Å². The Morgan fingerprint density at radius 3 is 1.53 bits per heavy atom. The Labute approximate surface area is 236 Å². The molecule has 0 saturated carbocycles. The minimum absolute atomic E-state index is 0.160. The molecule has 0 radical (unpaired) electrons. The summed E-state index contributed by atoms with van der Waals surface area (Å²) in [7, 11) is 1.25. The van der Waals surface area contributed by atoms with E-state index in [0.717, 1.165) is 15.4 Å². The summed E-state index contributed by atoms with van der Waals surface area (Å²) in [6, 6.07) is 11.0. The average molecular weight is 718 g/mol. The molecule has 0 aliphatic rings. The topological polar surface area (TPSA) is 156 Å². The van der Waals surface area contributed by atoms with E-state index in [1.54, 1.807) is 36.4 Å². The largest absolute Gasteiger partial charge is 0.508 e. The van der Waals surface area contributed by atoms with Crippen molar-refractivity contribution in [3.63, 3.8) is 0 Å². The standard InChI is InChI=1S/C10H12FNO3.C9H11NO3.CH2Br2.CH2BrF.CH4.FH/c11-6-15-8-3-1-7(2-4-8)5-9(12)10(13)14;10-8(9(12)13)5-6-1-3-7(11)4-2-6;2*2-1-3;;/h1-4,9H,5-6,12H2,(H,13,14);1-4,8,11H,5,10H2,(H,12,13);2*1H2;1H4;1H/t9-;8-;;;;/m11..../s1/i11-1;;;3-1;1T;/hD. The molecule has 36 heavy (non-hydrogen) atoms. The fourth-order valence-corrected chi connectivity index (χ4v) is 2.10. The van der Waals surface area contributed by atoms with Gasteiger partial charge in [-0.15, -0.1) is 0 Å². The molecule has 7 N–H and O–H groups in total. The number of rotatable bonds is 8. The molecular formula is C22H32Br3F3N2O6. The number of halogens is 6. The van der Waals surface area contributed by atoms with Gasteiger partial charge >= 0.3 is 11.9 Å². The van der Waals surface area contributed by atoms with Gasteiger partial charge in [0.05, 0.1) is 4.24 Å². The lowest BCUT2D eigenvalue weighted by Gasteiger charge is -2.07. The Hall–Kier alpha value is -1.87. The van der Waals surface area contributed by atoms with Crippen LogP contribution in [-0.2, 0) is 22.4 Å². The second-order valence-corrected chi connectivity index (χ2v) is 9.11. The lowest BCUT2D eigenvalue weighted by atomic mass is 10.1. The number of carboxylic acids is 2. The van der Waals surface area contributed by atoms with Crippen LogP contribution in [0.2, 0.25) is 0 Å². The Kier molecular flexibility index (Phi) is 26.4. The molecule has 0 fully saturated rings. The van der Waals surface area contributed by atoms with Gasteiger partial charge in [-0.05, 0) is 48.2 Å². The van der Waals surface area contributed by atoms with E-state index in [1.807, 2.05) is 0 Å². The maximum absolute atomic E-state index is 11.8. The highest BCUT2D eigenvalue weighted by molar-refractivity contribution is 9.24. The zero-order chi connectivity index (χ0) is 30.5. The highest BCUT2D eigenvalue weighted by atomic mass is 79.9. The van der Waals surface area contributed by atoms with Gasteiger partial charge in [0, 0.05) is 1.37 Å². The monoisotopic (exact) mass is 715 g/mol. The lowest BCUT2D eigenvalue weighted by Crippen LogP contribution is -2.32. The van der Waals surface area contributed by atoms with E-state index in [9.17, 15) is 18.4 Å². The second-order valence-electron chi connectivity index (χ2n) is 6.06. The molecule has 0 unspecified atom stereocenters. The van der Waals surface area contributed by atoms with E-state index in [2.05, 4.69) is 54.0 Å². The van der Waals surface area contributed by atoms with Crippen LogP contribution in [0.15, 0.2) is 48.5 Å². The molecule has 0 spiro atoms. The molecule has 8 nitrogen and oxygen atoms in total. The van der Waals surface area contributed by atoms with E-state index in [1.165, 1.54) is 19.5 Å². The molecule has 2 aromatic rings. The Balaban J connectivity index is -0.000000228. The number of phenolic OH excluding ortho intramolecular Hbond substituents is 1. The van der Waals surface area contributed by atoms with E-state index < -0.39 is 36.5 Å². The van der Waals surface area contributed by atoms with Crippen molar-refractivity contribution in [2.24, 2.45) is 11.5 Å². The van der Waals surface area contributed by atoms with Gasteiger partial charge in [0.1, 0.15) is 29.2 Å². The van der Waals surface area contributed by atoms with Crippen molar-refractivity contribution >= 4 is 59.7 Å².